The van der Waals surface area contributed by atoms with Crippen molar-refractivity contribution in [2.24, 2.45) is 10.8 Å². The summed E-state index contributed by atoms with van der Waals surface area (Å²) in [6.45, 7) is 12.5. The Labute approximate surface area is 351 Å². The number of nitrogens with one attached hydrogen (secondary N) is 2. The molecule has 1 atom stereocenters. The van der Waals surface area contributed by atoms with Crippen molar-refractivity contribution in [3.05, 3.63) is 93.9 Å². The van der Waals surface area contributed by atoms with E-state index in [1.54, 1.807) is 47.3 Å². The maximum absolute atomic E-state index is 13.4. The maximum atomic E-state index is 13.4. The number of piperazine rings is 1. The largest absolute Gasteiger partial charge is 0.489 e. The lowest BCUT2D eigenvalue weighted by atomic mass is 9.49. The number of amides is 5. The number of aromatic nitrogens is 4. The molecular formula is C43H45ClN10O6. The number of nitrogens with zero attached hydrogens (tertiary/aromatic N) is 8. The van der Waals surface area contributed by atoms with Gasteiger partial charge in [0.1, 0.15) is 29.8 Å². The lowest BCUT2D eigenvalue weighted by molar-refractivity contribution is -0.164. The summed E-state index contributed by atoms with van der Waals surface area (Å²) in [6.07, 6.45) is 4.95. The van der Waals surface area contributed by atoms with E-state index >= 15 is 0 Å². The molecule has 60 heavy (non-hydrogen) atoms. The number of hydrogen-bond donors (Lipinski definition) is 2. The van der Waals surface area contributed by atoms with Crippen LogP contribution in [-0.2, 0) is 16.0 Å². The van der Waals surface area contributed by atoms with Gasteiger partial charge in [-0.05, 0) is 68.3 Å². The van der Waals surface area contributed by atoms with Gasteiger partial charge in [-0.25, -0.2) is 9.67 Å². The minimum atomic E-state index is -1.02. The van der Waals surface area contributed by atoms with Gasteiger partial charge in [-0.1, -0.05) is 44.5 Å². The molecule has 3 fully saturated rings. The molecule has 0 spiro atoms. The van der Waals surface area contributed by atoms with Gasteiger partial charge in [0.15, 0.2) is 0 Å². The maximum Gasteiger partial charge on any atom is 0.262 e. The molecule has 5 heterocycles. The molecule has 2 N–H and O–H groups in total. The van der Waals surface area contributed by atoms with Gasteiger partial charge in [-0.15, -0.1) is 5.10 Å². The Hall–Kier alpha value is -6.18. The van der Waals surface area contributed by atoms with Gasteiger partial charge < -0.3 is 15.0 Å². The summed E-state index contributed by atoms with van der Waals surface area (Å²) in [6, 6.07) is 14.5. The number of piperidine rings is 1. The molecule has 2 saturated heterocycles. The summed E-state index contributed by atoms with van der Waals surface area (Å²) in [5, 5.41) is 23.6. The van der Waals surface area contributed by atoms with Crippen LogP contribution in [0.3, 0.4) is 0 Å². The van der Waals surface area contributed by atoms with Gasteiger partial charge in [-0.3, -0.25) is 39.1 Å². The van der Waals surface area contributed by atoms with Crippen LogP contribution in [0.1, 0.15) is 89.3 Å². The molecule has 16 nitrogen and oxygen atoms in total. The van der Waals surface area contributed by atoms with Crippen LogP contribution >= 0.6 is 11.6 Å². The molecule has 3 aliphatic heterocycles. The van der Waals surface area contributed by atoms with Crippen LogP contribution in [0.2, 0.25) is 5.02 Å². The van der Waals surface area contributed by atoms with Crippen molar-refractivity contribution in [3.63, 3.8) is 0 Å². The molecular weight excluding hydrogens is 788 g/mol. The van der Waals surface area contributed by atoms with E-state index in [1.807, 2.05) is 18.3 Å². The number of fused-ring (bicyclic) bond motifs is 1. The lowest BCUT2D eigenvalue weighted by Crippen LogP contribution is -2.74. The number of carbonyl (C=O) groups excluding carboxylic acids is 5. The first kappa shape index (κ1) is 40.6. The van der Waals surface area contributed by atoms with Crippen molar-refractivity contribution in [1.29, 1.82) is 5.26 Å². The van der Waals surface area contributed by atoms with Gasteiger partial charge >= 0.3 is 0 Å². The number of halogens is 1. The summed E-state index contributed by atoms with van der Waals surface area (Å²) in [5.41, 5.74) is 1.86. The Kier molecular flexibility index (Phi) is 10.7. The smallest absolute Gasteiger partial charge is 0.262 e. The zero-order valence-corrected chi connectivity index (χ0v) is 34.5. The Morgan fingerprint density at radius 3 is 2.42 bits per heavy atom. The van der Waals surface area contributed by atoms with Crippen molar-refractivity contribution in [2.45, 2.75) is 71.6 Å². The van der Waals surface area contributed by atoms with Crippen LogP contribution in [0, 0.1) is 22.2 Å². The fourth-order valence-corrected chi connectivity index (χ4v) is 9.56. The molecule has 5 amide bonds. The zero-order chi connectivity index (χ0) is 42.5. The molecule has 2 aromatic heterocycles. The molecule has 0 bridgehead atoms. The van der Waals surface area contributed by atoms with Crippen LogP contribution < -0.4 is 20.3 Å². The number of anilines is 1. The molecule has 8 rings (SSSR count). The minimum Gasteiger partial charge on any atom is -0.489 e. The van der Waals surface area contributed by atoms with Gasteiger partial charge in [0.05, 0.1) is 44.9 Å². The molecule has 1 unspecified atom stereocenters. The predicted molar refractivity (Wildman–Crippen MR) is 219 cm³/mol. The molecule has 4 aliphatic rings. The fraction of sp³-hybridized carbons (Fsp3) is 0.419. The third-order valence-corrected chi connectivity index (χ3v) is 12.6. The molecule has 1 saturated carbocycles. The fourth-order valence-electron chi connectivity index (χ4n) is 9.34. The first-order chi connectivity index (χ1) is 28.6. The van der Waals surface area contributed by atoms with Crippen molar-refractivity contribution in [1.82, 2.24) is 40.4 Å². The molecule has 0 radical (unpaired) electrons. The monoisotopic (exact) mass is 832 g/mol. The Morgan fingerprint density at radius 2 is 1.73 bits per heavy atom. The predicted octanol–water partition coefficient (Wildman–Crippen LogP) is 3.96. The standard InChI is InChI=1S/C43H45ClN10O6/c1-42(2)40(43(3,4)41(42)60-29-10-7-25(22-45)32(44)21-29)48-36(56)26-8-13-34(46-23-26)52-18-16-51(17-19-52)15-5-6-27-24-53(50-49-27)28-9-11-30-31(20-28)39(59)54(38(30)58)33-12-14-35(55)47-37(33)57/h7-11,13,20-21,23-24,33,40-41H,5-6,12,14-19H2,1-4H3,(H,48,56)(H,47,55,57). The normalized spacial score (nSPS) is 22.2. The summed E-state index contributed by atoms with van der Waals surface area (Å²) < 4.78 is 7.93. The van der Waals surface area contributed by atoms with E-state index < -0.39 is 29.7 Å². The zero-order valence-electron chi connectivity index (χ0n) is 33.8. The highest BCUT2D eigenvalue weighted by Crippen LogP contribution is 2.55. The number of imide groups is 2. The highest BCUT2D eigenvalue weighted by Gasteiger charge is 2.64. The topological polar surface area (TPSA) is 196 Å². The quantitative estimate of drug-likeness (QED) is 0.207. The average molecular weight is 833 g/mol. The van der Waals surface area contributed by atoms with Gasteiger partial charge in [0, 0.05) is 61.7 Å². The van der Waals surface area contributed by atoms with Crippen LogP contribution in [-0.4, -0.2) is 110 Å². The highest BCUT2D eigenvalue weighted by atomic mass is 35.5. The molecule has 310 valence electrons. The van der Waals surface area contributed by atoms with E-state index in [0.29, 0.717) is 34.0 Å². The van der Waals surface area contributed by atoms with Crippen molar-refractivity contribution in [3.8, 4) is 17.5 Å². The first-order valence-electron chi connectivity index (χ1n) is 20.0. The second kappa shape index (κ2) is 15.8. The minimum absolute atomic E-state index is 0.0570. The third-order valence-electron chi connectivity index (χ3n) is 12.3. The summed E-state index contributed by atoms with van der Waals surface area (Å²) in [7, 11) is 0. The molecule has 4 aromatic rings. The second-order valence-corrected chi connectivity index (χ2v) is 17.4. The van der Waals surface area contributed by atoms with E-state index in [1.165, 1.54) is 0 Å². The first-order valence-corrected chi connectivity index (χ1v) is 20.4. The second-order valence-electron chi connectivity index (χ2n) is 17.0. The van der Waals surface area contributed by atoms with Gasteiger partial charge in [0.2, 0.25) is 11.8 Å². The van der Waals surface area contributed by atoms with Crippen LogP contribution in [0.25, 0.3) is 5.69 Å². The van der Waals surface area contributed by atoms with E-state index in [9.17, 15) is 29.2 Å². The van der Waals surface area contributed by atoms with Gasteiger partial charge in [-0.2, -0.15) is 5.26 Å². The van der Waals surface area contributed by atoms with Crippen LogP contribution in [0.15, 0.2) is 60.9 Å². The summed E-state index contributed by atoms with van der Waals surface area (Å²) in [5.74, 6) is -0.991. The molecule has 1 aliphatic carbocycles. The van der Waals surface area contributed by atoms with Crippen molar-refractivity contribution < 1.29 is 28.7 Å². The number of hydrogen-bond acceptors (Lipinski definition) is 12. The van der Waals surface area contributed by atoms with Crippen LogP contribution in [0.5, 0.6) is 5.75 Å². The number of ether oxygens (including phenoxy) is 1. The SMILES string of the molecule is CC1(C)C(NC(=O)c2ccc(N3CCN(CCCc4cn(-c5ccc6c(c5)C(=O)N(C5CCC(=O)NC5=O)C6=O)nn4)CC3)nc2)C(C)(C)C1Oc1ccc(C#N)c(Cl)c1. The number of pyridine rings is 1. The summed E-state index contributed by atoms with van der Waals surface area (Å²) >= 11 is 6.24. The van der Waals surface area contributed by atoms with E-state index in [0.717, 1.165) is 55.6 Å². The van der Waals surface area contributed by atoms with Crippen LogP contribution in [0.4, 0.5) is 5.82 Å². The van der Waals surface area contributed by atoms with Crippen molar-refractivity contribution in [2.75, 3.05) is 37.6 Å². The average Bonchev–Trinajstić information content (AvgIpc) is 3.80. The third kappa shape index (κ3) is 7.47. The molecule has 2 aromatic carbocycles. The van der Waals surface area contributed by atoms with E-state index in [-0.39, 0.29) is 52.9 Å². The number of nitriles is 1. The number of rotatable bonds is 11. The number of aryl methyl sites for hydroxylation is 1. The van der Waals surface area contributed by atoms with E-state index in [2.05, 4.69) is 69.5 Å². The molecule has 17 heteroatoms. The van der Waals surface area contributed by atoms with Gasteiger partial charge in [0.25, 0.3) is 17.7 Å². The Bertz CT molecular complexity index is 2420. The number of carbonyl (C=O) groups is 5. The highest BCUT2D eigenvalue weighted by molar-refractivity contribution is 6.31. The lowest BCUT2D eigenvalue weighted by Gasteiger charge is -2.63. The Balaban J connectivity index is 0.789. The Morgan fingerprint density at radius 1 is 0.983 bits per heavy atom. The van der Waals surface area contributed by atoms with E-state index in [4.69, 9.17) is 16.3 Å². The van der Waals surface area contributed by atoms with Crippen molar-refractivity contribution >= 4 is 47.0 Å². The summed E-state index contributed by atoms with van der Waals surface area (Å²) in [4.78, 5) is 74.0. The number of benzene rings is 2.